The van der Waals surface area contributed by atoms with Crippen LogP contribution in [0.15, 0.2) is 18.2 Å². The first-order chi connectivity index (χ1) is 9.11. The molecule has 2 N–H and O–H groups in total. The van der Waals surface area contributed by atoms with Gasteiger partial charge in [-0.2, -0.15) is 0 Å². The Morgan fingerprint density at radius 1 is 1.21 bits per heavy atom. The molecule has 1 fully saturated rings. The summed E-state index contributed by atoms with van der Waals surface area (Å²) in [6.07, 6.45) is 6.27. The minimum absolute atomic E-state index is 0.169. The average Bonchev–Trinajstić information content (AvgIpc) is 2.60. The summed E-state index contributed by atoms with van der Waals surface area (Å²) in [5.74, 6) is -0.394. The fourth-order valence-electron chi connectivity index (χ4n) is 2.68. The van der Waals surface area contributed by atoms with E-state index in [1.807, 2.05) is 0 Å². The molecular weight excluding hydrogens is 265 g/mol. The molecule has 0 radical (unpaired) electrons. The van der Waals surface area contributed by atoms with E-state index in [-0.39, 0.29) is 5.02 Å². The van der Waals surface area contributed by atoms with E-state index in [2.05, 4.69) is 5.32 Å². The Morgan fingerprint density at radius 2 is 1.89 bits per heavy atom. The highest BCUT2D eigenvalue weighted by molar-refractivity contribution is 6.31. The lowest BCUT2D eigenvalue weighted by atomic mass is 9.94. The number of rotatable bonds is 4. The van der Waals surface area contributed by atoms with E-state index in [1.54, 1.807) is 12.1 Å². The van der Waals surface area contributed by atoms with Crippen LogP contribution in [0.25, 0.3) is 0 Å². The van der Waals surface area contributed by atoms with Crippen LogP contribution in [-0.4, -0.2) is 17.3 Å². The molecule has 4 heteroatoms. The zero-order chi connectivity index (χ0) is 13.7. The Bertz CT molecular complexity index is 417. The van der Waals surface area contributed by atoms with Gasteiger partial charge in [0.1, 0.15) is 5.82 Å². The van der Waals surface area contributed by atoms with Crippen LogP contribution >= 0.6 is 11.6 Å². The van der Waals surface area contributed by atoms with Gasteiger partial charge in [-0.1, -0.05) is 49.4 Å². The standard InChI is InChI=1S/C15H21ClFNO/c16-14-12(6-5-7-13(14)17)10-18-11-15(19)8-3-1-2-4-9-15/h5-7,18-19H,1-4,8-11H2. The molecule has 0 saturated heterocycles. The highest BCUT2D eigenvalue weighted by atomic mass is 35.5. The summed E-state index contributed by atoms with van der Waals surface area (Å²) in [7, 11) is 0. The van der Waals surface area contributed by atoms with Crippen LogP contribution in [0, 0.1) is 5.82 Å². The smallest absolute Gasteiger partial charge is 0.142 e. The molecule has 0 spiro atoms. The molecule has 0 aliphatic heterocycles. The van der Waals surface area contributed by atoms with Gasteiger partial charge >= 0.3 is 0 Å². The Labute approximate surface area is 119 Å². The Morgan fingerprint density at radius 3 is 2.58 bits per heavy atom. The van der Waals surface area contributed by atoms with Crippen molar-refractivity contribution in [1.29, 1.82) is 0 Å². The third kappa shape index (κ3) is 4.16. The zero-order valence-corrected chi connectivity index (χ0v) is 11.8. The van der Waals surface area contributed by atoms with E-state index in [0.29, 0.717) is 13.1 Å². The monoisotopic (exact) mass is 285 g/mol. The summed E-state index contributed by atoms with van der Waals surface area (Å²) in [6, 6.07) is 4.80. The fraction of sp³-hybridized carbons (Fsp3) is 0.600. The normalized spacial score (nSPS) is 19.1. The number of nitrogens with one attached hydrogen (secondary N) is 1. The molecular formula is C15H21ClFNO. The maximum Gasteiger partial charge on any atom is 0.142 e. The second-order valence-electron chi connectivity index (χ2n) is 5.46. The molecule has 0 heterocycles. The molecule has 1 aromatic carbocycles. The molecule has 1 aliphatic rings. The van der Waals surface area contributed by atoms with Gasteiger partial charge in [0.05, 0.1) is 10.6 Å². The van der Waals surface area contributed by atoms with Gasteiger partial charge in [0, 0.05) is 13.1 Å². The van der Waals surface area contributed by atoms with Gasteiger partial charge in [-0.05, 0) is 24.5 Å². The van der Waals surface area contributed by atoms with Crippen LogP contribution in [0.3, 0.4) is 0 Å². The van der Waals surface area contributed by atoms with Crippen LogP contribution in [0.5, 0.6) is 0 Å². The lowest BCUT2D eigenvalue weighted by molar-refractivity contribution is 0.0250. The zero-order valence-electron chi connectivity index (χ0n) is 11.1. The summed E-state index contributed by atoms with van der Waals surface area (Å²) in [4.78, 5) is 0. The molecule has 0 bridgehead atoms. The van der Waals surface area contributed by atoms with Crippen molar-refractivity contribution in [2.24, 2.45) is 0 Å². The van der Waals surface area contributed by atoms with E-state index in [1.165, 1.54) is 18.9 Å². The number of benzene rings is 1. The SMILES string of the molecule is OC1(CNCc2cccc(F)c2Cl)CCCCCC1. The summed E-state index contributed by atoms with van der Waals surface area (Å²) in [5, 5.41) is 13.9. The van der Waals surface area contributed by atoms with Crippen LogP contribution in [0.2, 0.25) is 5.02 Å². The third-order valence-corrected chi connectivity index (χ3v) is 4.26. The molecule has 1 aromatic rings. The Kier molecular flexibility index (Phi) is 5.20. The predicted molar refractivity (Wildman–Crippen MR) is 75.8 cm³/mol. The molecule has 19 heavy (non-hydrogen) atoms. The average molecular weight is 286 g/mol. The van der Waals surface area contributed by atoms with Crippen molar-refractivity contribution in [3.05, 3.63) is 34.6 Å². The Hall–Kier alpha value is -0.640. The fourth-order valence-corrected chi connectivity index (χ4v) is 2.87. The van der Waals surface area contributed by atoms with Crippen molar-refractivity contribution in [3.63, 3.8) is 0 Å². The van der Waals surface area contributed by atoms with Gasteiger partial charge in [0.15, 0.2) is 0 Å². The first kappa shape index (κ1) is 14.8. The van der Waals surface area contributed by atoms with E-state index >= 15 is 0 Å². The highest BCUT2D eigenvalue weighted by Gasteiger charge is 2.27. The minimum atomic E-state index is -0.615. The first-order valence-electron chi connectivity index (χ1n) is 6.97. The lowest BCUT2D eigenvalue weighted by Crippen LogP contribution is -2.39. The topological polar surface area (TPSA) is 32.3 Å². The summed E-state index contributed by atoms with van der Waals surface area (Å²) in [5.41, 5.74) is 0.120. The largest absolute Gasteiger partial charge is 0.389 e. The van der Waals surface area contributed by atoms with Gasteiger partial charge in [-0.15, -0.1) is 0 Å². The van der Waals surface area contributed by atoms with E-state index in [9.17, 15) is 9.50 Å². The van der Waals surface area contributed by atoms with Gasteiger partial charge in [-0.3, -0.25) is 0 Å². The van der Waals surface area contributed by atoms with Crippen molar-refractivity contribution in [1.82, 2.24) is 5.32 Å². The van der Waals surface area contributed by atoms with Crippen molar-refractivity contribution in [2.75, 3.05) is 6.54 Å². The molecule has 0 amide bonds. The van der Waals surface area contributed by atoms with Crippen molar-refractivity contribution >= 4 is 11.6 Å². The second kappa shape index (κ2) is 6.69. The molecule has 0 atom stereocenters. The molecule has 1 saturated carbocycles. The van der Waals surface area contributed by atoms with Crippen molar-refractivity contribution < 1.29 is 9.50 Å². The quantitative estimate of drug-likeness (QED) is 0.828. The first-order valence-corrected chi connectivity index (χ1v) is 7.34. The highest BCUT2D eigenvalue weighted by Crippen LogP contribution is 2.26. The molecule has 106 valence electrons. The van der Waals surface area contributed by atoms with Crippen molar-refractivity contribution in [3.8, 4) is 0 Å². The Balaban J connectivity index is 1.87. The minimum Gasteiger partial charge on any atom is -0.389 e. The number of halogens is 2. The van der Waals surface area contributed by atoms with Gasteiger partial charge in [0.2, 0.25) is 0 Å². The van der Waals surface area contributed by atoms with Crippen LogP contribution < -0.4 is 5.32 Å². The van der Waals surface area contributed by atoms with Crippen molar-refractivity contribution in [2.45, 2.75) is 50.7 Å². The predicted octanol–water partition coefficient (Wildman–Crippen LogP) is 3.65. The van der Waals surface area contributed by atoms with Crippen LogP contribution in [0.1, 0.15) is 44.1 Å². The van der Waals surface area contributed by atoms with Crippen LogP contribution in [0.4, 0.5) is 4.39 Å². The summed E-state index contributed by atoms with van der Waals surface area (Å²) >= 11 is 5.90. The maximum atomic E-state index is 13.3. The van der Waals surface area contributed by atoms with Gasteiger partial charge in [-0.25, -0.2) is 4.39 Å². The summed E-state index contributed by atoms with van der Waals surface area (Å²) in [6.45, 7) is 1.03. The van der Waals surface area contributed by atoms with Gasteiger partial charge in [0.25, 0.3) is 0 Å². The third-order valence-electron chi connectivity index (χ3n) is 3.84. The number of hydrogen-bond donors (Lipinski definition) is 2. The molecule has 2 nitrogen and oxygen atoms in total. The van der Waals surface area contributed by atoms with E-state index < -0.39 is 11.4 Å². The number of hydrogen-bond acceptors (Lipinski definition) is 2. The van der Waals surface area contributed by atoms with E-state index in [4.69, 9.17) is 11.6 Å². The van der Waals surface area contributed by atoms with Crippen LogP contribution in [-0.2, 0) is 6.54 Å². The molecule has 0 unspecified atom stereocenters. The molecule has 1 aliphatic carbocycles. The van der Waals surface area contributed by atoms with Gasteiger partial charge < -0.3 is 10.4 Å². The molecule has 0 aromatic heterocycles. The summed E-state index contributed by atoms with van der Waals surface area (Å²) < 4.78 is 13.3. The van der Waals surface area contributed by atoms with E-state index in [0.717, 1.165) is 31.2 Å². The molecule has 2 rings (SSSR count). The lowest BCUT2D eigenvalue weighted by Gasteiger charge is -2.27. The maximum absolute atomic E-state index is 13.3. The second-order valence-corrected chi connectivity index (χ2v) is 5.83. The number of aliphatic hydroxyl groups is 1.